The van der Waals surface area contributed by atoms with Crippen LogP contribution in [0, 0.1) is 5.92 Å². The average Bonchev–Trinajstić information content (AvgIpc) is 2.46. The molecule has 1 aromatic rings. The van der Waals surface area contributed by atoms with Crippen molar-refractivity contribution in [3.63, 3.8) is 0 Å². The minimum absolute atomic E-state index is 0.0452. The first-order valence-electron chi connectivity index (χ1n) is 7.02. The number of benzene rings is 1. The van der Waals surface area contributed by atoms with E-state index in [-0.39, 0.29) is 17.9 Å². The molecule has 2 atom stereocenters. The number of nitrogens with one attached hydrogen (secondary N) is 1. The van der Waals surface area contributed by atoms with Crippen molar-refractivity contribution in [2.45, 2.75) is 31.7 Å². The molecule has 21 heavy (non-hydrogen) atoms. The zero-order chi connectivity index (χ0) is 15.2. The molecular formula is C16H18BrNO3. The number of halogens is 1. The van der Waals surface area contributed by atoms with Crippen molar-refractivity contribution in [3.05, 3.63) is 40.4 Å². The smallest absolute Gasteiger partial charge is 0.306 e. The first kappa shape index (κ1) is 15.8. The Morgan fingerprint density at radius 2 is 2.05 bits per heavy atom. The molecule has 2 rings (SSSR count). The van der Waals surface area contributed by atoms with Crippen molar-refractivity contribution in [1.82, 2.24) is 5.32 Å². The van der Waals surface area contributed by atoms with Crippen LogP contribution < -0.4 is 5.32 Å². The maximum Gasteiger partial charge on any atom is 0.306 e. The highest BCUT2D eigenvalue weighted by molar-refractivity contribution is 9.10. The van der Waals surface area contributed by atoms with Crippen LogP contribution in [0.3, 0.4) is 0 Å². The molecule has 5 heteroatoms. The number of amides is 1. The van der Waals surface area contributed by atoms with Gasteiger partial charge < -0.3 is 10.4 Å². The maximum atomic E-state index is 11.9. The molecule has 112 valence electrons. The fraction of sp³-hybridized carbons (Fsp3) is 0.375. The van der Waals surface area contributed by atoms with Crippen LogP contribution >= 0.6 is 15.9 Å². The molecular weight excluding hydrogens is 334 g/mol. The first-order chi connectivity index (χ1) is 10.1. The van der Waals surface area contributed by atoms with E-state index in [1.165, 1.54) is 6.08 Å². The van der Waals surface area contributed by atoms with Crippen LogP contribution in [0.1, 0.15) is 31.2 Å². The van der Waals surface area contributed by atoms with E-state index >= 15 is 0 Å². The molecule has 1 fully saturated rings. The van der Waals surface area contributed by atoms with Crippen LogP contribution in [-0.2, 0) is 9.59 Å². The highest BCUT2D eigenvalue weighted by Gasteiger charge is 2.27. The summed E-state index contributed by atoms with van der Waals surface area (Å²) in [6.45, 7) is 0. The van der Waals surface area contributed by atoms with Crippen LogP contribution in [0.4, 0.5) is 0 Å². The van der Waals surface area contributed by atoms with Crippen molar-refractivity contribution < 1.29 is 14.7 Å². The minimum atomic E-state index is -0.766. The molecule has 4 nitrogen and oxygen atoms in total. The van der Waals surface area contributed by atoms with E-state index in [1.807, 2.05) is 24.3 Å². The van der Waals surface area contributed by atoms with E-state index in [4.69, 9.17) is 5.11 Å². The molecule has 0 radical (unpaired) electrons. The van der Waals surface area contributed by atoms with Gasteiger partial charge in [0, 0.05) is 16.6 Å². The molecule has 0 spiro atoms. The fourth-order valence-electron chi connectivity index (χ4n) is 2.57. The van der Waals surface area contributed by atoms with Gasteiger partial charge >= 0.3 is 5.97 Å². The van der Waals surface area contributed by atoms with Gasteiger partial charge in [-0.05, 0) is 37.0 Å². The van der Waals surface area contributed by atoms with Crippen LogP contribution in [0.5, 0.6) is 0 Å². The number of aliphatic carboxylic acids is 1. The van der Waals surface area contributed by atoms with Crippen LogP contribution in [0.15, 0.2) is 34.8 Å². The molecule has 0 aliphatic heterocycles. The van der Waals surface area contributed by atoms with Gasteiger partial charge in [-0.2, -0.15) is 0 Å². The van der Waals surface area contributed by atoms with Crippen molar-refractivity contribution in [2.75, 3.05) is 0 Å². The number of rotatable bonds is 4. The first-order valence-corrected chi connectivity index (χ1v) is 7.81. The third-order valence-corrected chi connectivity index (χ3v) is 4.41. The lowest BCUT2D eigenvalue weighted by molar-refractivity contribution is -0.143. The van der Waals surface area contributed by atoms with Crippen molar-refractivity contribution >= 4 is 33.9 Å². The van der Waals surface area contributed by atoms with Crippen molar-refractivity contribution in [2.24, 2.45) is 5.92 Å². The highest BCUT2D eigenvalue weighted by Crippen LogP contribution is 2.24. The van der Waals surface area contributed by atoms with E-state index in [1.54, 1.807) is 6.08 Å². The summed E-state index contributed by atoms with van der Waals surface area (Å²) in [4.78, 5) is 22.9. The average molecular weight is 352 g/mol. The van der Waals surface area contributed by atoms with E-state index in [2.05, 4.69) is 21.2 Å². The summed E-state index contributed by atoms with van der Waals surface area (Å²) in [6, 6.07) is 7.60. The summed E-state index contributed by atoms with van der Waals surface area (Å²) in [6.07, 6.45) is 6.15. The van der Waals surface area contributed by atoms with Gasteiger partial charge in [0.05, 0.1) is 5.92 Å². The second-order valence-electron chi connectivity index (χ2n) is 5.26. The molecule has 0 heterocycles. The van der Waals surface area contributed by atoms with Gasteiger partial charge in [0.2, 0.25) is 5.91 Å². The van der Waals surface area contributed by atoms with Crippen LogP contribution in [0.2, 0.25) is 0 Å². The third-order valence-electron chi connectivity index (χ3n) is 3.69. The standard InChI is InChI=1S/C16H18BrNO3/c17-14-7-2-1-4-11(14)8-9-15(19)18-13-6-3-5-12(10-13)16(20)21/h1-2,4,7-9,12-13H,3,5-6,10H2,(H,18,19)(H,20,21). The Balaban J connectivity index is 1.90. The molecule has 0 bridgehead atoms. The van der Waals surface area contributed by atoms with Gasteiger partial charge in [0.25, 0.3) is 0 Å². The van der Waals surface area contributed by atoms with Gasteiger partial charge in [0.1, 0.15) is 0 Å². The SMILES string of the molecule is O=C(C=Cc1ccccc1Br)NC1CCCC(C(=O)O)C1. The molecule has 1 saturated carbocycles. The summed E-state index contributed by atoms with van der Waals surface area (Å²) < 4.78 is 0.928. The number of carbonyl (C=O) groups is 2. The zero-order valence-corrected chi connectivity index (χ0v) is 13.2. The Morgan fingerprint density at radius 1 is 1.29 bits per heavy atom. The van der Waals surface area contributed by atoms with Gasteiger partial charge in [-0.15, -0.1) is 0 Å². The van der Waals surface area contributed by atoms with E-state index < -0.39 is 5.97 Å². The zero-order valence-electron chi connectivity index (χ0n) is 11.6. The summed E-state index contributed by atoms with van der Waals surface area (Å²) in [5.74, 6) is -1.28. The second-order valence-corrected chi connectivity index (χ2v) is 6.12. The summed E-state index contributed by atoms with van der Waals surface area (Å²) >= 11 is 3.42. The molecule has 1 aromatic carbocycles. The van der Waals surface area contributed by atoms with Crippen molar-refractivity contribution in [3.8, 4) is 0 Å². The largest absolute Gasteiger partial charge is 0.481 e. The second kappa shape index (κ2) is 7.41. The number of hydrogen-bond acceptors (Lipinski definition) is 2. The third kappa shape index (κ3) is 4.70. The van der Waals surface area contributed by atoms with E-state index in [0.29, 0.717) is 12.8 Å². The van der Waals surface area contributed by atoms with Crippen molar-refractivity contribution in [1.29, 1.82) is 0 Å². The summed E-state index contributed by atoms with van der Waals surface area (Å²) in [7, 11) is 0. The Hall–Kier alpha value is -1.62. The molecule has 0 aromatic heterocycles. The molecule has 1 amide bonds. The fourth-order valence-corrected chi connectivity index (χ4v) is 2.99. The lowest BCUT2D eigenvalue weighted by Gasteiger charge is -2.26. The van der Waals surface area contributed by atoms with Crippen LogP contribution in [-0.4, -0.2) is 23.0 Å². The Bertz CT molecular complexity index is 556. The topological polar surface area (TPSA) is 66.4 Å². The number of carbonyl (C=O) groups excluding carboxylic acids is 1. The lowest BCUT2D eigenvalue weighted by atomic mass is 9.86. The molecule has 1 aliphatic carbocycles. The van der Waals surface area contributed by atoms with Crippen LogP contribution in [0.25, 0.3) is 6.08 Å². The highest BCUT2D eigenvalue weighted by atomic mass is 79.9. The molecule has 1 aliphatic rings. The normalized spacial score (nSPS) is 22.1. The molecule has 2 N–H and O–H groups in total. The molecule has 0 saturated heterocycles. The van der Waals surface area contributed by atoms with Gasteiger partial charge in [-0.1, -0.05) is 40.5 Å². The van der Waals surface area contributed by atoms with Gasteiger partial charge in [-0.25, -0.2) is 0 Å². The van der Waals surface area contributed by atoms with E-state index in [9.17, 15) is 9.59 Å². The predicted octanol–water partition coefficient (Wildman–Crippen LogP) is 3.22. The lowest BCUT2D eigenvalue weighted by Crippen LogP contribution is -2.39. The number of carboxylic acids is 1. The monoisotopic (exact) mass is 351 g/mol. The Labute approximate surface area is 132 Å². The summed E-state index contributed by atoms with van der Waals surface area (Å²) in [5, 5.41) is 11.9. The van der Waals surface area contributed by atoms with Gasteiger partial charge in [0.15, 0.2) is 0 Å². The number of carboxylic acid groups (broad SMARTS) is 1. The predicted molar refractivity (Wildman–Crippen MR) is 84.7 cm³/mol. The molecule has 2 unspecified atom stereocenters. The summed E-state index contributed by atoms with van der Waals surface area (Å²) in [5.41, 5.74) is 0.930. The van der Waals surface area contributed by atoms with Gasteiger partial charge in [-0.3, -0.25) is 9.59 Å². The Morgan fingerprint density at radius 3 is 2.76 bits per heavy atom. The maximum absolute atomic E-state index is 11.9. The quantitative estimate of drug-likeness (QED) is 0.818. The Kier molecular flexibility index (Phi) is 5.56. The minimum Gasteiger partial charge on any atom is -0.481 e. The van der Waals surface area contributed by atoms with E-state index in [0.717, 1.165) is 22.9 Å². The number of hydrogen-bond donors (Lipinski definition) is 2.